The summed E-state index contributed by atoms with van der Waals surface area (Å²) in [6, 6.07) is 9.88. The molecule has 0 saturated carbocycles. The van der Waals surface area contributed by atoms with E-state index in [0.717, 1.165) is 37.7 Å². The van der Waals surface area contributed by atoms with E-state index in [1.807, 2.05) is 59.1 Å². The lowest BCUT2D eigenvalue weighted by Crippen LogP contribution is -2.49. The molecule has 2 heterocycles. The van der Waals surface area contributed by atoms with E-state index in [1.54, 1.807) is 12.3 Å². The van der Waals surface area contributed by atoms with E-state index in [2.05, 4.69) is 9.88 Å². The van der Waals surface area contributed by atoms with Crippen LogP contribution in [-0.2, 0) is 11.8 Å². The SMILES string of the molecule is Cl.Cn1ccnc1N1CCN(C(=O)C=Cc2ccccc2)CC1. The van der Waals surface area contributed by atoms with Crippen molar-refractivity contribution < 1.29 is 4.79 Å². The maximum absolute atomic E-state index is 12.2. The zero-order chi connectivity index (χ0) is 15.4. The van der Waals surface area contributed by atoms with Crippen LogP contribution in [0.25, 0.3) is 6.08 Å². The fraction of sp³-hybridized carbons (Fsp3) is 0.294. The predicted octanol–water partition coefficient (Wildman–Crippen LogP) is 2.20. The Hall–Kier alpha value is -2.27. The van der Waals surface area contributed by atoms with Gasteiger partial charge in [-0.15, -0.1) is 12.4 Å². The van der Waals surface area contributed by atoms with Crippen LogP contribution in [0.15, 0.2) is 48.8 Å². The average molecular weight is 333 g/mol. The Balaban J connectivity index is 0.00000192. The van der Waals surface area contributed by atoms with Crippen LogP contribution in [0, 0.1) is 0 Å². The number of aromatic nitrogens is 2. The minimum Gasteiger partial charge on any atom is -0.339 e. The van der Waals surface area contributed by atoms with Gasteiger partial charge in [0.15, 0.2) is 0 Å². The number of piperazine rings is 1. The molecule has 1 aromatic heterocycles. The molecular formula is C17H21ClN4O. The molecule has 1 amide bonds. The Labute approximate surface area is 142 Å². The van der Waals surface area contributed by atoms with Gasteiger partial charge in [0.25, 0.3) is 0 Å². The summed E-state index contributed by atoms with van der Waals surface area (Å²) in [5, 5.41) is 0. The number of carbonyl (C=O) groups excluding carboxylic acids is 1. The van der Waals surface area contributed by atoms with Gasteiger partial charge in [-0.2, -0.15) is 0 Å². The number of rotatable bonds is 3. The van der Waals surface area contributed by atoms with Gasteiger partial charge >= 0.3 is 0 Å². The van der Waals surface area contributed by atoms with Crippen LogP contribution in [0.3, 0.4) is 0 Å². The van der Waals surface area contributed by atoms with Crippen molar-refractivity contribution in [3.05, 3.63) is 54.4 Å². The standard InChI is InChI=1S/C17H20N4O.ClH/c1-19-10-9-18-17(19)21-13-11-20(12-14-21)16(22)8-7-15-5-3-2-4-6-15;/h2-10H,11-14H2,1H3;1H. The molecule has 1 saturated heterocycles. The fourth-order valence-electron chi connectivity index (χ4n) is 2.63. The molecule has 2 aromatic rings. The molecule has 0 aliphatic carbocycles. The molecule has 3 rings (SSSR count). The zero-order valence-corrected chi connectivity index (χ0v) is 13.9. The zero-order valence-electron chi connectivity index (χ0n) is 13.1. The van der Waals surface area contributed by atoms with Gasteiger partial charge in [0.1, 0.15) is 0 Å². The number of imidazole rings is 1. The third-order valence-corrected chi connectivity index (χ3v) is 3.89. The lowest BCUT2D eigenvalue weighted by molar-refractivity contribution is -0.126. The van der Waals surface area contributed by atoms with Gasteiger partial charge in [-0.1, -0.05) is 30.3 Å². The minimum atomic E-state index is 0. The van der Waals surface area contributed by atoms with E-state index < -0.39 is 0 Å². The van der Waals surface area contributed by atoms with Gasteiger partial charge in [-0.25, -0.2) is 4.98 Å². The monoisotopic (exact) mass is 332 g/mol. The van der Waals surface area contributed by atoms with Crippen molar-refractivity contribution >= 4 is 30.3 Å². The summed E-state index contributed by atoms with van der Waals surface area (Å²) in [7, 11) is 1.99. The normalized spacial score (nSPS) is 14.8. The maximum Gasteiger partial charge on any atom is 0.246 e. The van der Waals surface area contributed by atoms with Crippen molar-refractivity contribution in [2.45, 2.75) is 0 Å². The molecule has 1 fully saturated rings. The molecule has 1 aliphatic heterocycles. The van der Waals surface area contributed by atoms with Crippen LogP contribution in [0.4, 0.5) is 5.95 Å². The minimum absolute atomic E-state index is 0. The van der Waals surface area contributed by atoms with Gasteiger partial charge in [0.2, 0.25) is 11.9 Å². The van der Waals surface area contributed by atoms with Crippen molar-refractivity contribution in [3.8, 4) is 0 Å². The summed E-state index contributed by atoms with van der Waals surface area (Å²) in [5.41, 5.74) is 1.04. The molecule has 0 bridgehead atoms. The number of benzene rings is 1. The van der Waals surface area contributed by atoms with Crippen LogP contribution in [0.2, 0.25) is 0 Å². The van der Waals surface area contributed by atoms with Gasteiger partial charge in [0, 0.05) is 51.7 Å². The molecule has 0 atom stereocenters. The van der Waals surface area contributed by atoms with Crippen molar-refractivity contribution in [1.82, 2.24) is 14.5 Å². The Morgan fingerprint density at radius 1 is 1.13 bits per heavy atom. The summed E-state index contributed by atoms with van der Waals surface area (Å²) in [4.78, 5) is 20.7. The maximum atomic E-state index is 12.2. The Bertz CT molecular complexity index is 660. The molecule has 0 radical (unpaired) electrons. The first-order chi connectivity index (χ1) is 10.7. The highest BCUT2D eigenvalue weighted by atomic mass is 35.5. The van der Waals surface area contributed by atoms with Gasteiger partial charge < -0.3 is 14.4 Å². The number of aryl methyl sites for hydroxylation is 1. The Kier molecular flexibility index (Phi) is 5.82. The van der Waals surface area contributed by atoms with Crippen molar-refractivity contribution in [3.63, 3.8) is 0 Å². The highest BCUT2D eigenvalue weighted by molar-refractivity contribution is 5.91. The number of hydrogen-bond donors (Lipinski definition) is 0. The van der Waals surface area contributed by atoms with Crippen LogP contribution < -0.4 is 4.90 Å². The summed E-state index contributed by atoms with van der Waals surface area (Å²) in [5.74, 6) is 1.04. The summed E-state index contributed by atoms with van der Waals surface area (Å²) in [6.07, 6.45) is 7.27. The van der Waals surface area contributed by atoms with Crippen molar-refractivity contribution in [2.75, 3.05) is 31.1 Å². The fourth-order valence-corrected chi connectivity index (χ4v) is 2.63. The van der Waals surface area contributed by atoms with E-state index in [0.29, 0.717) is 0 Å². The van der Waals surface area contributed by atoms with Gasteiger partial charge in [-0.3, -0.25) is 4.79 Å². The first-order valence-electron chi connectivity index (χ1n) is 7.48. The molecule has 122 valence electrons. The summed E-state index contributed by atoms with van der Waals surface area (Å²) < 4.78 is 2.01. The number of carbonyl (C=O) groups is 1. The second-order valence-electron chi connectivity index (χ2n) is 5.39. The highest BCUT2D eigenvalue weighted by Gasteiger charge is 2.21. The van der Waals surface area contributed by atoms with Crippen LogP contribution in [-0.4, -0.2) is 46.5 Å². The van der Waals surface area contributed by atoms with E-state index in [-0.39, 0.29) is 18.3 Å². The van der Waals surface area contributed by atoms with E-state index >= 15 is 0 Å². The Morgan fingerprint density at radius 3 is 2.43 bits per heavy atom. The van der Waals surface area contributed by atoms with Crippen molar-refractivity contribution in [1.29, 1.82) is 0 Å². The summed E-state index contributed by atoms with van der Waals surface area (Å²) >= 11 is 0. The smallest absolute Gasteiger partial charge is 0.246 e. The highest BCUT2D eigenvalue weighted by Crippen LogP contribution is 2.13. The predicted molar refractivity (Wildman–Crippen MR) is 94.7 cm³/mol. The van der Waals surface area contributed by atoms with Crippen LogP contribution in [0.1, 0.15) is 5.56 Å². The molecule has 5 nitrogen and oxygen atoms in total. The van der Waals surface area contributed by atoms with Crippen LogP contribution in [0.5, 0.6) is 0 Å². The molecule has 0 unspecified atom stereocenters. The second-order valence-corrected chi connectivity index (χ2v) is 5.39. The molecule has 1 aromatic carbocycles. The van der Waals surface area contributed by atoms with Crippen molar-refractivity contribution in [2.24, 2.45) is 7.05 Å². The second kappa shape index (κ2) is 7.83. The molecular weight excluding hydrogens is 312 g/mol. The lowest BCUT2D eigenvalue weighted by Gasteiger charge is -2.34. The van der Waals surface area contributed by atoms with E-state index in [4.69, 9.17) is 0 Å². The molecule has 0 spiro atoms. The summed E-state index contributed by atoms with van der Waals surface area (Å²) in [6.45, 7) is 3.08. The molecule has 1 aliphatic rings. The quantitative estimate of drug-likeness (QED) is 0.809. The third kappa shape index (κ3) is 4.13. The first kappa shape index (κ1) is 17.1. The topological polar surface area (TPSA) is 41.4 Å². The number of halogens is 1. The molecule has 23 heavy (non-hydrogen) atoms. The van der Waals surface area contributed by atoms with Gasteiger partial charge in [-0.05, 0) is 11.6 Å². The van der Waals surface area contributed by atoms with E-state index in [1.165, 1.54) is 0 Å². The number of hydrogen-bond acceptors (Lipinski definition) is 3. The Morgan fingerprint density at radius 2 is 1.83 bits per heavy atom. The van der Waals surface area contributed by atoms with E-state index in [9.17, 15) is 4.79 Å². The molecule has 0 N–H and O–H groups in total. The average Bonchev–Trinajstić information content (AvgIpc) is 3.00. The lowest BCUT2D eigenvalue weighted by atomic mass is 10.2. The van der Waals surface area contributed by atoms with Crippen LogP contribution >= 0.6 is 12.4 Å². The number of amides is 1. The third-order valence-electron chi connectivity index (χ3n) is 3.89. The molecule has 6 heteroatoms. The number of anilines is 1. The largest absolute Gasteiger partial charge is 0.339 e. The first-order valence-corrected chi connectivity index (χ1v) is 7.48. The number of nitrogens with zero attached hydrogens (tertiary/aromatic N) is 4. The van der Waals surface area contributed by atoms with Gasteiger partial charge in [0.05, 0.1) is 0 Å².